The molecule has 2 aromatic rings. The first-order valence-corrected chi connectivity index (χ1v) is 10.8. The van der Waals surface area contributed by atoms with E-state index in [4.69, 9.17) is 4.74 Å². The molecule has 0 radical (unpaired) electrons. The molecular weight excluding hydrogens is 400 g/mol. The minimum atomic E-state index is -0.866. The Hall–Kier alpha value is -2.94. The summed E-state index contributed by atoms with van der Waals surface area (Å²) in [6.45, 7) is 2.53. The summed E-state index contributed by atoms with van der Waals surface area (Å²) in [4.78, 5) is 26.3. The third kappa shape index (κ3) is 3.67. The van der Waals surface area contributed by atoms with Gasteiger partial charge in [-0.15, -0.1) is 0 Å². The highest BCUT2D eigenvalue weighted by atomic mass is 16.6. The van der Waals surface area contributed by atoms with Gasteiger partial charge in [-0.25, -0.2) is 0 Å². The number of carbonyl (C=O) groups is 1. The second kappa shape index (κ2) is 8.30. The lowest BCUT2D eigenvalue weighted by molar-refractivity contribution is -0.385. The fraction of sp³-hybridized carbons (Fsp3) is 0.545. The van der Waals surface area contributed by atoms with Gasteiger partial charge < -0.3 is 14.7 Å². The first-order valence-electron chi connectivity index (χ1n) is 10.8. The number of aliphatic hydroxyl groups is 1. The van der Waals surface area contributed by atoms with Crippen LogP contribution < -0.4 is 4.74 Å². The summed E-state index contributed by atoms with van der Waals surface area (Å²) in [7, 11) is 1.58. The Morgan fingerprint density at radius 3 is 2.84 bits per heavy atom. The lowest BCUT2D eigenvalue weighted by Crippen LogP contribution is -2.56. The van der Waals surface area contributed by atoms with E-state index in [1.165, 1.54) is 10.9 Å². The van der Waals surface area contributed by atoms with Crippen molar-refractivity contribution in [2.24, 2.45) is 5.92 Å². The second-order valence-electron chi connectivity index (χ2n) is 8.37. The molecule has 1 aromatic carbocycles. The number of piperidine rings is 1. The van der Waals surface area contributed by atoms with Crippen LogP contribution in [0.2, 0.25) is 0 Å². The molecule has 2 fully saturated rings. The number of aromatic nitrogens is 2. The number of hydrogen-bond donors (Lipinski definition) is 1. The number of hydrogen-bond acceptors (Lipinski definition) is 6. The number of likely N-dealkylation sites (tertiary alicyclic amines) is 1. The Balaban J connectivity index is 1.81. The number of amides is 1. The molecule has 166 valence electrons. The summed E-state index contributed by atoms with van der Waals surface area (Å²) in [6.07, 6.45) is 5.12. The number of benzene rings is 1. The van der Waals surface area contributed by atoms with Gasteiger partial charge in [0.15, 0.2) is 0 Å². The highest BCUT2D eigenvalue weighted by molar-refractivity contribution is 5.96. The first-order chi connectivity index (χ1) is 14.9. The van der Waals surface area contributed by atoms with Gasteiger partial charge in [-0.1, -0.05) is 31.0 Å². The summed E-state index contributed by atoms with van der Waals surface area (Å²) in [5, 5.41) is 27.2. The van der Waals surface area contributed by atoms with Crippen LogP contribution in [0.25, 0.3) is 0 Å². The molecule has 1 aromatic heterocycles. The molecule has 0 spiro atoms. The second-order valence-corrected chi connectivity index (χ2v) is 8.37. The van der Waals surface area contributed by atoms with E-state index in [0.29, 0.717) is 31.7 Å². The zero-order chi connectivity index (χ0) is 22.2. The molecular formula is C22H28N4O5. The Bertz CT molecular complexity index is 990. The lowest BCUT2D eigenvalue weighted by Gasteiger charge is -2.52. The molecule has 9 nitrogen and oxygen atoms in total. The monoisotopic (exact) mass is 428 g/mol. The highest BCUT2D eigenvalue weighted by Gasteiger charge is 2.51. The maximum Gasteiger partial charge on any atom is 0.320 e. The van der Waals surface area contributed by atoms with Crippen molar-refractivity contribution in [1.82, 2.24) is 14.7 Å². The molecule has 3 atom stereocenters. The fourth-order valence-electron chi connectivity index (χ4n) is 5.20. The summed E-state index contributed by atoms with van der Waals surface area (Å²) < 4.78 is 6.99. The number of rotatable bonds is 5. The van der Waals surface area contributed by atoms with Crippen LogP contribution in [0.5, 0.6) is 5.75 Å². The average Bonchev–Trinajstić information content (AvgIpc) is 3.22. The van der Waals surface area contributed by atoms with Gasteiger partial charge in [-0.05, 0) is 32.3 Å². The van der Waals surface area contributed by atoms with Gasteiger partial charge in [0.1, 0.15) is 11.9 Å². The SMILES string of the molecule is CCn1cc([N+](=O)[O-])c(C(=O)N2CC[C@]3(O)CCCC[C@@H]3[C@H]2c2ccccc2OC)n1. The summed E-state index contributed by atoms with van der Waals surface area (Å²) >= 11 is 0. The van der Waals surface area contributed by atoms with E-state index < -0.39 is 22.5 Å². The predicted octanol–water partition coefficient (Wildman–Crippen LogP) is 3.33. The minimum absolute atomic E-state index is 0.159. The van der Waals surface area contributed by atoms with E-state index in [9.17, 15) is 20.0 Å². The lowest BCUT2D eigenvalue weighted by atomic mass is 9.66. The van der Waals surface area contributed by atoms with Gasteiger partial charge in [0.05, 0.1) is 23.7 Å². The molecule has 1 aliphatic heterocycles. The van der Waals surface area contributed by atoms with Crippen molar-refractivity contribution in [2.75, 3.05) is 13.7 Å². The Morgan fingerprint density at radius 2 is 2.13 bits per heavy atom. The number of para-hydroxylation sites is 1. The number of aryl methyl sites for hydroxylation is 1. The maximum absolute atomic E-state index is 13.6. The largest absolute Gasteiger partial charge is 0.496 e. The van der Waals surface area contributed by atoms with Crippen molar-refractivity contribution in [3.05, 3.63) is 51.8 Å². The zero-order valence-corrected chi connectivity index (χ0v) is 17.9. The molecule has 1 N–H and O–H groups in total. The molecule has 1 amide bonds. The molecule has 0 unspecified atom stereocenters. The minimum Gasteiger partial charge on any atom is -0.496 e. The van der Waals surface area contributed by atoms with Crippen molar-refractivity contribution in [3.63, 3.8) is 0 Å². The zero-order valence-electron chi connectivity index (χ0n) is 17.9. The summed E-state index contributed by atoms with van der Waals surface area (Å²) in [5.74, 6) is -0.0290. The maximum atomic E-state index is 13.6. The van der Waals surface area contributed by atoms with E-state index in [1.807, 2.05) is 31.2 Å². The molecule has 2 aliphatic rings. The van der Waals surface area contributed by atoms with Crippen LogP contribution in [0, 0.1) is 16.0 Å². The fourth-order valence-corrected chi connectivity index (χ4v) is 5.20. The predicted molar refractivity (Wildman–Crippen MR) is 113 cm³/mol. The number of methoxy groups -OCH3 is 1. The molecule has 0 bridgehead atoms. The van der Waals surface area contributed by atoms with Gasteiger partial charge in [0, 0.05) is 24.6 Å². The van der Waals surface area contributed by atoms with Gasteiger partial charge in [0.25, 0.3) is 5.91 Å². The van der Waals surface area contributed by atoms with Crippen LogP contribution >= 0.6 is 0 Å². The standard InChI is InChI=1S/C22H28N4O5/c1-3-24-14-17(26(29)30)19(23-24)21(27)25-13-12-22(28)11-7-6-9-16(22)20(25)15-8-4-5-10-18(15)31-2/h4-5,8,10,14,16,20,28H,3,6-7,9,11-13H2,1-2H3/t16-,20-,22-/m1/s1. The van der Waals surface area contributed by atoms with Gasteiger partial charge in [-0.3, -0.25) is 19.6 Å². The molecule has 2 heterocycles. The van der Waals surface area contributed by atoms with Crippen LogP contribution in [-0.2, 0) is 6.54 Å². The van der Waals surface area contributed by atoms with Gasteiger partial charge >= 0.3 is 5.69 Å². The number of fused-ring (bicyclic) bond motifs is 1. The number of nitrogens with zero attached hydrogens (tertiary/aromatic N) is 4. The third-order valence-electron chi connectivity index (χ3n) is 6.75. The normalized spacial score (nSPS) is 25.7. The molecule has 9 heteroatoms. The van der Waals surface area contributed by atoms with E-state index >= 15 is 0 Å². The van der Waals surface area contributed by atoms with E-state index in [-0.39, 0.29) is 17.3 Å². The van der Waals surface area contributed by atoms with Crippen LogP contribution in [0.15, 0.2) is 30.5 Å². The quantitative estimate of drug-likeness (QED) is 0.578. The van der Waals surface area contributed by atoms with Crippen LogP contribution in [0.3, 0.4) is 0 Å². The first kappa shape index (κ1) is 21.3. The van der Waals surface area contributed by atoms with Crippen molar-refractivity contribution in [2.45, 2.75) is 57.2 Å². The topological polar surface area (TPSA) is 111 Å². The summed E-state index contributed by atoms with van der Waals surface area (Å²) in [6, 6.07) is 7.03. The van der Waals surface area contributed by atoms with Crippen molar-refractivity contribution in [3.8, 4) is 5.75 Å². The van der Waals surface area contributed by atoms with E-state index in [0.717, 1.165) is 24.8 Å². The van der Waals surface area contributed by atoms with Gasteiger partial charge in [0.2, 0.25) is 5.69 Å². The van der Waals surface area contributed by atoms with E-state index in [1.54, 1.807) is 12.0 Å². The smallest absolute Gasteiger partial charge is 0.320 e. The Labute approximate surface area is 180 Å². The van der Waals surface area contributed by atoms with Crippen LogP contribution in [0.4, 0.5) is 5.69 Å². The van der Waals surface area contributed by atoms with E-state index in [2.05, 4.69) is 5.10 Å². The van der Waals surface area contributed by atoms with Crippen molar-refractivity contribution < 1.29 is 19.6 Å². The Kier molecular flexibility index (Phi) is 5.70. The van der Waals surface area contributed by atoms with Gasteiger partial charge in [-0.2, -0.15) is 5.10 Å². The van der Waals surface area contributed by atoms with Crippen LogP contribution in [-0.4, -0.2) is 49.9 Å². The number of carbonyl (C=O) groups excluding carboxylic acids is 1. The highest BCUT2D eigenvalue weighted by Crippen LogP contribution is 2.51. The van der Waals surface area contributed by atoms with Crippen molar-refractivity contribution in [1.29, 1.82) is 0 Å². The molecule has 1 aliphatic carbocycles. The molecule has 1 saturated carbocycles. The Morgan fingerprint density at radius 1 is 1.35 bits per heavy atom. The molecule has 1 saturated heterocycles. The van der Waals surface area contributed by atoms with Crippen molar-refractivity contribution >= 4 is 11.6 Å². The van der Waals surface area contributed by atoms with Crippen LogP contribution in [0.1, 0.15) is 61.1 Å². The molecule has 4 rings (SSSR count). The summed E-state index contributed by atoms with van der Waals surface area (Å²) in [5.41, 5.74) is -0.515. The molecule has 31 heavy (non-hydrogen) atoms. The average molecular weight is 428 g/mol. The number of nitro groups is 1. The number of ether oxygens (including phenoxy) is 1. The third-order valence-corrected chi connectivity index (χ3v) is 6.75.